The van der Waals surface area contributed by atoms with Crippen LogP contribution >= 0.6 is 15.9 Å². The number of rotatable bonds is 3. The number of hydrogen-bond donors (Lipinski definition) is 1. The van der Waals surface area contributed by atoms with E-state index in [9.17, 15) is 4.79 Å². The highest BCUT2D eigenvalue weighted by Gasteiger charge is 2.48. The summed E-state index contributed by atoms with van der Waals surface area (Å²) in [5.74, 6) is 0.0341. The van der Waals surface area contributed by atoms with Gasteiger partial charge in [0.05, 0.1) is 10.9 Å². The zero-order chi connectivity index (χ0) is 9.47. The van der Waals surface area contributed by atoms with Gasteiger partial charge in [0.25, 0.3) is 0 Å². The average Bonchev–Trinajstić information content (AvgIpc) is 2.65. The lowest BCUT2D eigenvalue weighted by Gasteiger charge is -2.07. The Hall–Kier alpha value is -0.770. The molecule has 1 aromatic heterocycles. The van der Waals surface area contributed by atoms with E-state index in [-0.39, 0.29) is 11.8 Å². The van der Waals surface area contributed by atoms with Gasteiger partial charge < -0.3 is 9.52 Å². The minimum absolute atomic E-state index is 0.174. The van der Waals surface area contributed by atoms with Crippen molar-refractivity contribution in [2.75, 3.05) is 0 Å². The monoisotopic (exact) mass is 244 g/mol. The largest absolute Gasteiger partial charge is 0.481 e. The molecule has 0 saturated heterocycles. The lowest BCUT2D eigenvalue weighted by atomic mass is 10.00. The van der Waals surface area contributed by atoms with E-state index in [1.54, 1.807) is 6.26 Å². The third kappa shape index (κ3) is 1.63. The van der Waals surface area contributed by atoms with Crippen LogP contribution in [-0.2, 0) is 10.2 Å². The summed E-state index contributed by atoms with van der Waals surface area (Å²) in [7, 11) is 0. The molecule has 1 aromatic rings. The van der Waals surface area contributed by atoms with Crippen molar-refractivity contribution in [1.29, 1.82) is 0 Å². The van der Waals surface area contributed by atoms with Crippen molar-refractivity contribution in [1.82, 2.24) is 0 Å². The highest BCUT2D eigenvalue weighted by atomic mass is 79.9. The first kappa shape index (κ1) is 8.81. The average molecular weight is 245 g/mol. The van der Waals surface area contributed by atoms with Gasteiger partial charge in [-0.25, -0.2) is 0 Å². The SMILES string of the molecule is O=C(O)CC1(c2cc(Br)co2)CC1. The number of carboxylic acids is 1. The van der Waals surface area contributed by atoms with Crippen LogP contribution in [0.3, 0.4) is 0 Å². The Bertz CT molecular complexity index is 338. The topological polar surface area (TPSA) is 50.4 Å². The van der Waals surface area contributed by atoms with Gasteiger partial charge in [-0.05, 0) is 34.8 Å². The summed E-state index contributed by atoms with van der Waals surface area (Å²) in [6.45, 7) is 0. The Morgan fingerprint density at radius 1 is 1.69 bits per heavy atom. The van der Waals surface area contributed by atoms with E-state index in [2.05, 4.69) is 15.9 Å². The van der Waals surface area contributed by atoms with Gasteiger partial charge in [-0.3, -0.25) is 4.79 Å². The fourth-order valence-electron chi connectivity index (χ4n) is 1.54. The normalized spacial score (nSPS) is 18.5. The molecule has 70 valence electrons. The van der Waals surface area contributed by atoms with Crippen LogP contribution in [0.1, 0.15) is 25.0 Å². The van der Waals surface area contributed by atoms with Gasteiger partial charge in [0.15, 0.2) is 0 Å². The fourth-order valence-corrected chi connectivity index (χ4v) is 1.84. The molecule has 1 aliphatic rings. The quantitative estimate of drug-likeness (QED) is 0.890. The fraction of sp³-hybridized carbons (Fsp3) is 0.444. The maximum absolute atomic E-state index is 10.6. The number of halogens is 1. The lowest BCUT2D eigenvalue weighted by molar-refractivity contribution is -0.137. The van der Waals surface area contributed by atoms with Gasteiger partial charge in [-0.2, -0.15) is 0 Å². The minimum atomic E-state index is -0.759. The van der Waals surface area contributed by atoms with Crippen LogP contribution in [0, 0.1) is 0 Å². The summed E-state index contributed by atoms with van der Waals surface area (Å²) in [5, 5.41) is 8.70. The second-order valence-electron chi connectivity index (χ2n) is 3.48. The molecule has 4 heteroatoms. The van der Waals surface area contributed by atoms with E-state index >= 15 is 0 Å². The molecule has 1 N–H and O–H groups in total. The zero-order valence-corrected chi connectivity index (χ0v) is 8.50. The summed E-state index contributed by atoms with van der Waals surface area (Å²) in [4.78, 5) is 10.6. The number of furan rings is 1. The summed E-state index contributed by atoms with van der Waals surface area (Å²) in [6, 6.07) is 1.86. The predicted molar refractivity (Wildman–Crippen MR) is 49.6 cm³/mol. The van der Waals surface area contributed by atoms with Gasteiger partial charge >= 0.3 is 5.97 Å². The maximum Gasteiger partial charge on any atom is 0.304 e. The van der Waals surface area contributed by atoms with E-state index in [4.69, 9.17) is 9.52 Å². The molecule has 1 heterocycles. The first-order valence-electron chi connectivity index (χ1n) is 4.09. The second kappa shape index (κ2) is 2.87. The van der Waals surface area contributed by atoms with Crippen molar-refractivity contribution in [3.05, 3.63) is 22.6 Å². The molecule has 1 aliphatic carbocycles. The number of hydrogen-bond acceptors (Lipinski definition) is 2. The zero-order valence-electron chi connectivity index (χ0n) is 6.92. The minimum Gasteiger partial charge on any atom is -0.481 e. The molecule has 0 aliphatic heterocycles. The molecule has 0 radical (unpaired) electrons. The van der Waals surface area contributed by atoms with Crippen molar-refractivity contribution < 1.29 is 14.3 Å². The summed E-state index contributed by atoms with van der Waals surface area (Å²) >= 11 is 3.28. The molecule has 0 aromatic carbocycles. The molecule has 13 heavy (non-hydrogen) atoms. The Labute approximate surface area is 83.9 Å². The molecule has 1 fully saturated rings. The van der Waals surface area contributed by atoms with Crippen molar-refractivity contribution in [3.63, 3.8) is 0 Å². The van der Waals surface area contributed by atoms with E-state index in [1.165, 1.54) is 0 Å². The van der Waals surface area contributed by atoms with Gasteiger partial charge in [0.2, 0.25) is 0 Å². The third-order valence-electron chi connectivity index (χ3n) is 2.43. The molecule has 0 bridgehead atoms. The first-order valence-corrected chi connectivity index (χ1v) is 4.88. The molecule has 0 unspecified atom stereocenters. The number of carboxylic acid groups (broad SMARTS) is 1. The summed E-state index contributed by atoms with van der Waals surface area (Å²) in [5.41, 5.74) is -0.210. The van der Waals surface area contributed by atoms with Crippen LogP contribution in [-0.4, -0.2) is 11.1 Å². The van der Waals surface area contributed by atoms with Crippen molar-refractivity contribution in [2.24, 2.45) is 0 Å². The molecule has 1 saturated carbocycles. The van der Waals surface area contributed by atoms with Gasteiger partial charge in [-0.15, -0.1) is 0 Å². The van der Waals surface area contributed by atoms with Gasteiger partial charge in [0, 0.05) is 5.41 Å². The maximum atomic E-state index is 10.6. The second-order valence-corrected chi connectivity index (χ2v) is 4.40. The lowest BCUT2D eigenvalue weighted by Crippen LogP contribution is -2.11. The van der Waals surface area contributed by atoms with Crippen LogP contribution in [0.25, 0.3) is 0 Å². The van der Waals surface area contributed by atoms with Gasteiger partial charge in [-0.1, -0.05) is 0 Å². The third-order valence-corrected chi connectivity index (χ3v) is 2.85. The molecule has 0 spiro atoms. The Morgan fingerprint density at radius 3 is 2.77 bits per heavy atom. The first-order chi connectivity index (χ1) is 6.12. The highest BCUT2D eigenvalue weighted by Crippen LogP contribution is 2.51. The Kier molecular flexibility index (Phi) is 1.95. The number of carbonyl (C=O) groups is 1. The standard InChI is InChI=1S/C9H9BrO3/c10-6-3-7(13-5-6)9(1-2-9)4-8(11)12/h3,5H,1-2,4H2,(H,11,12). The Balaban J connectivity index is 2.20. The Morgan fingerprint density at radius 2 is 2.38 bits per heavy atom. The van der Waals surface area contributed by atoms with Crippen molar-refractivity contribution in [2.45, 2.75) is 24.7 Å². The molecular formula is C9H9BrO3. The van der Waals surface area contributed by atoms with E-state index < -0.39 is 5.97 Å². The molecule has 2 rings (SSSR count). The van der Waals surface area contributed by atoms with Crippen LogP contribution < -0.4 is 0 Å². The van der Waals surface area contributed by atoms with Gasteiger partial charge in [0.1, 0.15) is 12.0 Å². The smallest absolute Gasteiger partial charge is 0.304 e. The van der Waals surface area contributed by atoms with Crippen LogP contribution in [0.5, 0.6) is 0 Å². The highest BCUT2D eigenvalue weighted by molar-refractivity contribution is 9.10. The van der Waals surface area contributed by atoms with Crippen LogP contribution in [0.2, 0.25) is 0 Å². The van der Waals surface area contributed by atoms with E-state index in [1.807, 2.05) is 6.07 Å². The summed E-state index contributed by atoms with van der Waals surface area (Å²) < 4.78 is 6.16. The number of aliphatic carboxylic acids is 1. The predicted octanol–water partition coefficient (Wildman–Crippen LogP) is 2.55. The van der Waals surface area contributed by atoms with E-state index in [0.717, 1.165) is 23.1 Å². The molecule has 0 atom stereocenters. The van der Waals surface area contributed by atoms with E-state index in [0.29, 0.717) is 0 Å². The molecule has 3 nitrogen and oxygen atoms in total. The van der Waals surface area contributed by atoms with Crippen molar-refractivity contribution >= 4 is 21.9 Å². The molecule has 0 amide bonds. The summed E-state index contributed by atoms with van der Waals surface area (Å²) in [6.07, 6.45) is 3.60. The van der Waals surface area contributed by atoms with Crippen LogP contribution in [0.15, 0.2) is 21.2 Å². The van der Waals surface area contributed by atoms with Crippen molar-refractivity contribution in [3.8, 4) is 0 Å². The van der Waals surface area contributed by atoms with Crippen LogP contribution in [0.4, 0.5) is 0 Å². The molecular weight excluding hydrogens is 236 g/mol.